The van der Waals surface area contributed by atoms with E-state index in [4.69, 9.17) is 42.6 Å². The summed E-state index contributed by atoms with van der Waals surface area (Å²) in [6, 6.07) is 172. The van der Waals surface area contributed by atoms with Crippen molar-refractivity contribution in [1.82, 2.24) is 24.9 Å². The minimum atomic E-state index is 0.514. The number of hydrogen-bond acceptors (Lipinski definition) is 9. The summed E-state index contributed by atoms with van der Waals surface area (Å²) in [5.41, 5.74) is 42.9. The van der Waals surface area contributed by atoms with E-state index in [0.29, 0.717) is 23.2 Å². The van der Waals surface area contributed by atoms with E-state index in [1.54, 1.807) is 0 Å². The highest BCUT2D eigenvalue weighted by molar-refractivity contribution is 6.26. The first-order valence-electron chi connectivity index (χ1n) is 48.7. The van der Waals surface area contributed by atoms with Crippen LogP contribution in [0.15, 0.2) is 509 Å². The molecule has 4 aliphatic rings. The molecule has 0 amide bonds. The minimum Gasteiger partial charge on any atom is -0.455 e. The van der Waals surface area contributed by atoms with Gasteiger partial charge < -0.3 is 17.7 Å². The predicted molar refractivity (Wildman–Crippen MR) is 589 cm³/mol. The van der Waals surface area contributed by atoms with E-state index in [2.05, 4.69) is 382 Å². The Morgan fingerprint density at radius 1 is 0.146 bits per heavy atom. The third-order valence-corrected chi connectivity index (χ3v) is 28.6. The van der Waals surface area contributed by atoms with Crippen molar-refractivity contribution in [2.75, 3.05) is 0 Å². The number of nitrogens with zero attached hydrogens (tertiary/aromatic N) is 5. The molecule has 21 aromatic carbocycles. The Bertz CT molecular complexity index is 9790. The summed E-state index contributed by atoms with van der Waals surface area (Å²) < 4.78 is 27.1. The van der Waals surface area contributed by atoms with Crippen LogP contribution in [0.1, 0.15) is 0 Å². The zero-order chi connectivity index (χ0) is 94.8. The van der Waals surface area contributed by atoms with Crippen LogP contribution in [-0.2, 0) is 0 Å². The Kier molecular flexibility index (Phi) is 19.8. The lowest BCUT2D eigenvalue weighted by atomic mass is 9.92. The molecule has 0 saturated heterocycles. The van der Waals surface area contributed by atoms with Gasteiger partial charge in [0.1, 0.15) is 45.2 Å². The topological polar surface area (TPSA) is 117 Å². The maximum absolute atomic E-state index is 6.93. The number of fused-ring (bicyclic) bond motifs is 25. The van der Waals surface area contributed by atoms with Crippen LogP contribution in [0, 0.1) is 0 Å². The van der Waals surface area contributed by atoms with Crippen molar-refractivity contribution in [1.29, 1.82) is 0 Å². The van der Waals surface area contributed by atoms with E-state index < -0.39 is 0 Å². The summed E-state index contributed by atoms with van der Waals surface area (Å²) in [7, 11) is 0. The van der Waals surface area contributed by atoms with Crippen molar-refractivity contribution in [2.45, 2.75) is 0 Å². The van der Waals surface area contributed by atoms with Gasteiger partial charge in [-0.15, -0.1) is 0 Å². The van der Waals surface area contributed by atoms with E-state index in [0.717, 1.165) is 145 Å². The number of rotatable bonds is 8. The van der Waals surface area contributed by atoms with Crippen molar-refractivity contribution < 1.29 is 17.7 Å². The summed E-state index contributed by atoms with van der Waals surface area (Å²) in [4.78, 5) is 25.1. The van der Waals surface area contributed by atoms with Gasteiger partial charge >= 0.3 is 0 Å². The second-order valence-corrected chi connectivity index (χ2v) is 36.8. The third kappa shape index (κ3) is 13.7. The Hall–Kier alpha value is -19.4. The largest absolute Gasteiger partial charge is 0.455 e. The molecule has 6 heterocycles. The van der Waals surface area contributed by atoms with Crippen molar-refractivity contribution in [3.63, 3.8) is 0 Å². The first kappa shape index (κ1) is 82.9. The van der Waals surface area contributed by atoms with Gasteiger partial charge in [-0.05, 0) is 176 Å². The van der Waals surface area contributed by atoms with Crippen molar-refractivity contribution in [2.24, 2.45) is 0 Å². The van der Waals surface area contributed by atoms with Gasteiger partial charge in [0.05, 0.1) is 11.0 Å². The highest BCUT2D eigenvalue weighted by Crippen LogP contribution is 2.60. The number of hydrogen-bond donors (Lipinski definition) is 0. The van der Waals surface area contributed by atoms with Crippen molar-refractivity contribution >= 4 is 76.5 Å². The molecular weight excluding hydrogens is 1760 g/mol. The van der Waals surface area contributed by atoms with Gasteiger partial charge in [0.25, 0.3) is 0 Å². The quantitative estimate of drug-likeness (QED) is 0.147. The fourth-order valence-corrected chi connectivity index (χ4v) is 22.3. The lowest BCUT2D eigenvalue weighted by Crippen LogP contribution is -2.00. The van der Waals surface area contributed by atoms with E-state index >= 15 is 0 Å². The summed E-state index contributed by atoms with van der Waals surface area (Å²) in [6.45, 7) is 0. The smallest absolute Gasteiger partial charge is 0.200 e. The monoisotopic (exact) mass is 1840 g/mol. The van der Waals surface area contributed by atoms with E-state index in [9.17, 15) is 0 Å². The minimum absolute atomic E-state index is 0.514. The van der Waals surface area contributed by atoms with Crippen LogP contribution in [0.4, 0.5) is 0 Å². The Morgan fingerprint density at radius 3 is 0.847 bits per heavy atom. The highest BCUT2D eigenvalue weighted by Gasteiger charge is 2.36. The molecule has 6 aromatic heterocycles. The fourth-order valence-electron chi connectivity index (χ4n) is 22.3. The number of benzene rings is 21. The third-order valence-electron chi connectivity index (χ3n) is 28.6. The second-order valence-electron chi connectivity index (χ2n) is 36.8. The summed E-state index contributed by atoms with van der Waals surface area (Å²) in [5, 5.41) is 9.27. The molecule has 9 heteroatoms. The molecule has 31 rings (SSSR count). The molecule has 0 radical (unpaired) electrons. The Labute approximate surface area is 829 Å². The molecule has 27 aromatic rings. The van der Waals surface area contributed by atoms with Crippen LogP contribution < -0.4 is 0 Å². The Morgan fingerprint density at radius 2 is 0.424 bits per heavy atom. The zero-order valence-corrected chi connectivity index (χ0v) is 77.6. The van der Waals surface area contributed by atoms with Gasteiger partial charge in [-0.1, -0.05) is 449 Å². The average Bonchev–Trinajstić information content (AvgIpc) is 1.56. The second kappa shape index (κ2) is 34.4. The molecule has 670 valence electrons. The standard InChI is InChI=1S/C36H22O.C35H21N3O.C34H20N2O.C30H18O/c1-2-11-23(12-3-1)24-14-10-15-26(21-24)35-33-31-20-9-8-18-29(31)28-17-6-7-19-30(28)32-22-25-13-4-5-16-27(25)36(37-35)34(32)33;1-3-12-22(13-4-1)33-36-34(23-14-5-2-6-15-23)38-35(37-33)32-31-28-19-10-9-18-26(28)24-16-7-8-17-25(24)27-20-11-21-29(39-32)30(27)31;1-2-11-21(12-3-1)32-33(36-28-19-9-8-18-27(28)35-32)34-31-26-16-7-6-15-24(26)22-13-4-5-14-23(22)25-17-10-20-29(37-34)30(25)31;1-2-10-19(11-3-1)29-27-25-17-9-8-15-23(25)22-14-6-7-16-24(22)26-18-20-12-4-5-13-21(20)30(31-29)28(26)27/h1-22H;1-21H;1-20H;1-18H. The van der Waals surface area contributed by atoms with E-state index in [1.807, 2.05) is 109 Å². The van der Waals surface area contributed by atoms with Gasteiger partial charge in [-0.25, -0.2) is 24.9 Å². The first-order chi connectivity index (χ1) is 71.5. The molecule has 0 spiro atoms. The molecule has 0 aliphatic heterocycles. The van der Waals surface area contributed by atoms with E-state index in [-0.39, 0.29) is 0 Å². The Balaban J connectivity index is 0.0000000936. The highest BCUT2D eigenvalue weighted by atomic mass is 16.3. The molecule has 0 saturated carbocycles. The molecule has 144 heavy (non-hydrogen) atoms. The molecule has 0 fully saturated rings. The molecule has 0 unspecified atom stereocenters. The van der Waals surface area contributed by atoms with Crippen LogP contribution in [0.5, 0.6) is 0 Å². The SMILES string of the molecule is c1ccc(-c2cccc(-c3oc4c5c(cc6ccccc64)-c4ccccc4-c4ccccc4-c35)c2)cc1.c1ccc(-c2nc(-c3ccccc3)nc(-c3oc4cccc5c4c3-c3ccccc3-c3ccccc3-5)n2)cc1.c1ccc(-c2nc3ccccc3nc2-c2oc3cccc4c3c2-c2ccccc2-c2ccccc2-4)cc1.c1ccc(-c2oc3c4c(cc5ccccc53)-c3ccccc3-c3ccccc3-c24)cc1. The zero-order valence-electron chi connectivity index (χ0n) is 77.6. The summed E-state index contributed by atoms with van der Waals surface area (Å²) in [6.07, 6.45) is 0. The van der Waals surface area contributed by atoms with Crippen LogP contribution >= 0.6 is 0 Å². The number of para-hydroxylation sites is 2. The lowest BCUT2D eigenvalue weighted by molar-refractivity contribution is 0.626. The number of aromatic nitrogens is 5. The number of furan rings is 4. The van der Waals surface area contributed by atoms with Crippen LogP contribution in [-0.4, -0.2) is 24.9 Å². The molecule has 0 N–H and O–H groups in total. The van der Waals surface area contributed by atoms with Gasteiger partial charge in [-0.3, -0.25) is 0 Å². The molecular formula is C135H81N5O4. The summed E-state index contributed by atoms with van der Waals surface area (Å²) in [5.74, 6) is 4.99. The van der Waals surface area contributed by atoms with Crippen LogP contribution in [0.25, 0.3) is 301 Å². The maximum Gasteiger partial charge on any atom is 0.200 e. The first-order valence-corrected chi connectivity index (χ1v) is 48.7. The molecule has 4 aliphatic carbocycles. The molecule has 0 bridgehead atoms. The van der Waals surface area contributed by atoms with Gasteiger partial charge in [0, 0.05) is 82.4 Å². The van der Waals surface area contributed by atoms with Gasteiger partial charge in [0.15, 0.2) is 23.2 Å². The van der Waals surface area contributed by atoms with Crippen molar-refractivity contribution in [3.8, 4) is 224 Å². The molecule has 0 atom stereocenters. The van der Waals surface area contributed by atoms with Crippen LogP contribution in [0.2, 0.25) is 0 Å². The molecule has 9 nitrogen and oxygen atoms in total. The van der Waals surface area contributed by atoms with Gasteiger partial charge in [-0.2, -0.15) is 0 Å². The van der Waals surface area contributed by atoms with Crippen LogP contribution in [0.3, 0.4) is 0 Å². The normalized spacial score (nSPS) is 11.8. The predicted octanol–water partition coefficient (Wildman–Crippen LogP) is 36.8. The fraction of sp³-hybridized carbons (Fsp3) is 0. The van der Waals surface area contributed by atoms with E-state index in [1.165, 1.54) is 133 Å². The average molecular weight is 1840 g/mol. The lowest BCUT2D eigenvalue weighted by Gasteiger charge is -2.13. The van der Waals surface area contributed by atoms with Crippen molar-refractivity contribution in [3.05, 3.63) is 491 Å². The summed E-state index contributed by atoms with van der Waals surface area (Å²) >= 11 is 0. The maximum atomic E-state index is 6.93. The van der Waals surface area contributed by atoms with Gasteiger partial charge in [0.2, 0.25) is 5.82 Å².